The number of amides is 2. The smallest absolute Gasteiger partial charge is 0.319 e. The van der Waals surface area contributed by atoms with Gasteiger partial charge in [-0.2, -0.15) is 0 Å². The summed E-state index contributed by atoms with van der Waals surface area (Å²) in [6.07, 6.45) is 1.71. The van der Waals surface area contributed by atoms with E-state index in [0.717, 1.165) is 54.3 Å². The second kappa shape index (κ2) is 9.11. The highest BCUT2D eigenvalue weighted by Crippen LogP contribution is 2.21. The number of hydrogen-bond donors (Lipinski definition) is 2. The SMILES string of the molecule is O=C(NCCN1CCN(c2cccc(Cl)c2)CC1)Nc1ccnc2ccccc12. The van der Waals surface area contributed by atoms with Crippen LogP contribution in [-0.4, -0.2) is 55.2 Å². The van der Waals surface area contributed by atoms with Gasteiger partial charge in [-0.15, -0.1) is 0 Å². The number of carbonyl (C=O) groups is 1. The van der Waals surface area contributed by atoms with Crippen LogP contribution in [0.5, 0.6) is 0 Å². The number of nitrogens with zero attached hydrogens (tertiary/aromatic N) is 3. The molecule has 1 fully saturated rings. The Morgan fingerprint density at radius 3 is 2.69 bits per heavy atom. The van der Waals surface area contributed by atoms with E-state index in [9.17, 15) is 4.79 Å². The highest BCUT2D eigenvalue weighted by molar-refractivity contribution is 6.30. The minimum atomic E-state index is -0.195. The van der Waals surface area contributed by atoms with Crippen molar-refractivity contribution < 1.29 is 4.79 Å². The first-order chi connectivity index (χ1) is 14.2. The van der Waals surface area contributed by atoms with Gasteiger partial charge in [0.15, 0.2) is 0 Å². The Morgan fingerprint density at radius 1 is 1.03 bits per heavy atom. The Kier molecular flexibility index (Phi) is 6.12. The predicted octanol–water partition coefficient (Wildman–Crippen LogP) is 3.83. The number of urea groups is 1. The zero-order valence-corrected chi connectivity index (χ0v) is 16.9. The van der Waals surface area contributed by atoms with Gasteiger partial charge in [0, 0.05) is 61.6 Å². The number of anilines is 2. The molecule has 1 aliphatic heterocycles. The van der Waals surface area contributed by atoms with Gasteiger partial charge < -0.3 is 15.5 Å². The molecule has 4 rings (SSSR count). The Morgan fingerprint density at radius 2 is 1.86 bits per heavy atom. The molecule has 6 nitrogen and oxygen atoms in total. The lowest BCUT2D eigenvalue weighted by molar-refractivity contribution is 0.240. The van der Waals surface area contributed by atoms with Crippen LogP contribution in [0.25, 0.3) is 10.9 Å². The van der Waals surface area contributed by atoms with Crippen LogP contribution in [0.3, 0.4) is 0 Å². The van der Waals surface area contributed by atoms with Gasteiger partial charge in [-0.1, -0.05) is 35.9 Å². The lowest BCUT2D eigenvalue weighted by Gasteiger charge is -2.36. The van der Waals surface area contributed by atoms with Gasteiger partial charge in [-0.05, 0) is 30.3 Å². The summed E-state index contributed by atoms with van der Waals surface area (Å²) < 4.78 is 0. The van der Waals surface area contributed by atoms with Crippen molar-refractivity contribution in [3.8, 4) is 0 Å². The second-order valence-corrected chi connectivity index (χ2v) is 7.50. The number of carbonyl (C=O) groups excluding carboxylic acids is 1. The third-order valence-corrected chi connectivity index (χ3v) is 5.39. The first kappa shape index (κ1) is 19.5. The van der Waals surface area contributed by atoms with Crippen LogP contribution in [0.4, 0.5) is 16.2 Å². The minimum absolute atomic E-state index is 0.195. The molecule has 0 saturated carbocycles. The molecule has 0 bridgehead atoms. The zero-order valence-electron chi connectivity index (χ0n) is 16.1. The van der Waals surface area contributed by atoms with Crippen LogP contribution in [0.2, 0.25) is 5.02 Å². The van der Waals surface area contributed by atoms with Gasteiger partial charge >= 0.3 is 6.03 Å². The summed E-state index contributed by atoms with van der Waals surface area (Å²) in [6.45, 7) is 5.26. The number of halogens is 1. The number of hydrogen-bond acceptors (Lipinski definition) is 4. The van der Waals surface area contributed by atoms with E-state index in [1.54, 1.807) is 6.20 Å². The molecule has 0 spiro atoms. The fourth-order valence-corrected chi connectivity index (χ4v) is 3.79. The van der Waals surface area contributed by atoms with Crippen LogP contribution in [0, 0.1) is 0 Å². The van der Waals surface area contributed by atoms with Gasteiger partial charge in [0.05, 0.1) is 11.2 Å². The van der Waals surface area contributed by atoms with Crippen LogP contribution >= 0.6 is 11.6 Å². The van der Waals surface area contributed by atoms with Gasteiger partial charge in [-0.3, -0.25) is 9.88 Å². The van der Waals surface area contributed by atoms with Crippen LogP contribution in [-0.2, 0) is 0 Å². The Hall–Kier alpha value is -2.83. The molecule has 29 heavy (non-hydrogen) atoms. The predicted molar refractivity (Wildman–Crippen MR) is 119 cm³/mol. The summed E-state index contributed by atoms with van der Waals surface area (Å²) in [5.41, 5.74) is 2.80. The average Bonchev–Trinajstić information content (AvgIpc) is 2.74. The summed E-state index contributed by atoms with van der Waals surface area (Å²) in [6, 6.07) is 17.4. The Bertz CT molecular complexity index is 982. The van der Waals surface area contributed by atoms with E-state index in [1.165, 1.54) is 5.69 Å². The maximum absolute atomic E-state index is 12.3. The van der Waals surface area contributed by atoms with Crippen molar-refractivity contribution >= 4 is 39.9 Å². The van der Waals surface area contributed by atoms with Gasteiger partial charge in [0.2, 0.25) is 0 Å². The van der Waals surface area contributed by atoms with Crippen molar-refractivity contribution in [3.05, 3.63) is 65.8 Å². The van der Waals surface area contributed by atoms with Crippen LogP contribution in [0.15, 0.2) is 60.8 Å². The molecular weight excluding hydrogens is 386 g/mol. The van der Waals surface area contributed by atoms with Crippen LogP contribution in [0.1, 0.15) is 0 Å². The third kappa shape index (κ3) is 4.96. The van der Waals surface area contributed by atoms with Crippen molar-refractivity contribution in [1.82, 2.24) is 15.2 Å². The average molecular weight is 410 g/mol. The van der Waals surface area contributed by atoms with E-state index in [2.05, 4.69) is 31.5 Å². The van der Waals surface area contributed by atoms with E-state index in [1.807, 2.05) is 48.5 Å². The molecule has 150 valence electrons. The van der Waals surface area contributed by atoms with Crippen molar-refractivity contribution in [2.24, 2.45) is 0 Å². The van der Waals surface area contributed by atoms with Crippen molar-refractivity contribution in [3.63, 3.8) is 0 Å². The quantitative estimate of drug-likeness (QED) is 0.672. The first-order valence-electron chi connectivity index (χ1n) is 9.80. The van der Waals surface area contributed by atoms with E-state index in [-0.39, 0.29) is 6.03 Å². The second-order valence-electron chi connectivity index (χ2n) is 7.07. The van der Waals surface area contributed by atoms with Gasteiger partial charge in [0.25, 0.3) is 0 Å². The minimum Gasteiger partial charge on any atom is -0.369 e. The summed E-state index contributed by atoms with van der Waals surface area (Å²) >= 11 is 6.09. The van der Waals surface area contributed by atoms with Gasteiger partial charge in [0.1, 0.15) is 0 Å². The molecule has 2 heterocycles. The monoisotopic (exact) mass is 409 g/mol. The molecule has 7 heteroatoms. The van der Waals surface area contributed by atoms with E-state index < -0.39 is 0 Å². The topological polar surface area (TPSA) is 60.5 Å². The number of fused-ring (bicyclic) bond motifs is 1. The maximum Gasteiger partial charge on any atom is 0.319 e. The van der Waals surface area contributed by atoms with E-state index in [0.29, 0.717) is 6.54 Å². The lowest BCUT2D eigenvalue weighted by Crippen LogP contribution is -2.48. The van der Waals surface area contributed by atoms with E-state index in [4.69, 9.17) is 11.6 Å². The molecule has 3 aromatic rings. The number of pyridine rings is 1. The number of piperazine rings is 1. The van der Waals surface area contributed by atoms with Crippen molar-refractivity contribution in [2.75, 3.05) is 49.5 Å². The number of aromatic nitrogens is 1. The maximum atomic E-state index is 12.3. The standard InChI is InChI=1S/C22H24ClN5O/c23-17-4-3-5-18(16-17)28-14-12-27(13-15-28)11-10-25-22(29)26-21-8-9-24-20-7-2-1-6-19(20)21/h1-9,16H,10-15H2,(H2,24,25,26,29). The summed E-state index contributed by atoms with van der Waals surface area (Å²) in [5.74, 6) is 0. The molecule has 0 radical (unpaired) electrons. The largest absolute Gasteiger partial charge is 0.369 e. The molecule has 2 N–H and O–H groups in total. The molecule has 1 aliphatic rings. The first-order valence-corrected chi connectivity index (χ1v) is 10.2. The summed E-state index contributed by atoms with van der Waals surface area (Å²) in [5, 5.41) is 7.58. The number of rotatable bonds is 5. The molecule has 0 unspecified atom stereocenters. The molecule has 1 saturated heterocycles. The molecule has 0 aliphatic carbocycles. The van der Waals surface area contributed by atoms with Crippen molar-refractivity contribution in [2.45, 2.75) is 0 Å². The summed E-state index contributed by atoms with van der Waals surface area (Å²) in [4.78, 5) is 21.3. The number of nitrogens with one attached hydrogen (secondary N) is 2. The molecule has 1 aromatic heterocycles. The fraction of sp³-hybridized carbons (Fsp3) is 0.273. The highest BCUT2D eigenvalue weighted by Gasteiger charge is 2.17. The lowest BCUT2D eigenvalue weighted by atomic mass is 10.2. The number of benzene rings is 2. The molecular formula is C22H24ClN5O. The molecule has 0 atom stereocenters. The number of para-hydroxylation sites is 1. The van der Waals surface area contributed by atoms with Gasteiger partial charge in [-0.25, -0.2) is 4.79 Å². The molecule has 2 aromatic carbocycles. The highest BCUT2D eigenvalue weighted by atomic mass is 35.5. The Labute approximate surface area is 175 Å². The van der Waals surface area contributed by atoms with E-state index >= 15 is 0 Å². The van der Waals surface area contributed by atoms with Crippen LogP contribution < -0.4 is 15.5 Å². The Balaban J connectivity index is 1.22. The zero-order chi connectivity index (χ0) is 20.1. The summed E-state index contributed by atoms with van der Waals surface area (Å²) in [7, 11) is 0. The fourth-order valence-electron chi connectivity index (χ4n) is 3.60. The third-order valence-electron chi connectivity index (χ3n) is 5.16. The van der Waals surface area contributed by atoms with Crippen molar-refractivity contribution in [1.29, 1.82) is 0 Å². The normalized spacial score (nSPS) is 14.7. The molecule has 2 amide bonds.